The molecular weight excluding hydrogens is 319 g/mol. The number of halogens is 6. The Morgan fingerprint density at radius 1 is 1.26 bits per heavy atom. The van der Waals surface area contributed by atoms with Gasteiger partial charge in [-0.2, -0.15) is 13.2 Å². The summed E-state index contributed by atoms with van der Waals surface area (Å²) in [5.41, 5.74) is -1.57. The molecule has 0 saturated carbocycles. The molecule has 3 nitrogen and oxygen atoms in total. The standard InChI is InChI=1S/C9H6ClF5O3S/c10-19(16,17)8-5(9(13,14)15)2-1-3-6(8)18-4-7(11)12/h1-3,7H,4H2. The zero-order valence-electron chi connectivity index (χ0n) is 8.92. The van der Waals surface area contributed by atoms with Crippen LogP contribution in [-0.2, 0) is 15.2 Å². The van der Waals surface area contributed by atoms with Gasteiger partial charge in [0, 0.05) is 10.7 Å². The number of hydrogen-bond donors (Lipinski definition) is 0. The zero-order valence-corrected chi connectivity index (χ0v) is 10.5. The van der Waals surface area contributed by atoms with Crippen molar-refractivity contribution < 1.29 is 35.1 Å². The van der Waals surface area contributed by atoms with E-state index in [0.29, 0.717) is 6.07 Å². The summed E-state index contributed by atoms with van der Waals surface area (Å²) in [6, 6.07) is 2.10. The molecule has 0 atom stereocenters. The van der Waals surface area contributed by atoms with Crippen molar-refractivity contribution in [3.63, 3.8) is 0 Å². The molecule has 0 amide bonds. The molecule has 1 aromatic rings. The highest BCUT2D eigenvalue weighted by molar-refractivity contribution is 8.13. The van der Waals surface area contributed by atoms with Crippen LogP contribution in [0.15, 0.2) is 23.1 Å². The Hall–Kier alpha value is -1.09. The average molecular weight is 325 g/mol. The second-order valence-corrected chi connectivity index (χ2v) is 5.77. The highest BCUT2D eigenvalue weighted by Gasteiger charge is 2.38. The van der Waals surface area contributed by atoms with Crippen LogP contribution >= 0.6 is 10.7 Å². The van der Waals surface area contributed by atoms with E-state index in [1.165, 1.54) is 0 Å². The molecule has 0 fully saturated rings. The summed E-state index contributed by atoms with van der Waals surface area (Å²) in [5.74, 6) is -0.870. The van der Waals surface area contributed by atoms with Gasteiger partial charge in [0.1, 0.15) is 17.3 Å². The molecule has 0 heterocycles. The summed E-state index contributed by atoms with van der Waals surface area (Å²) in [7, 11) is 0.0821. The molecule has 0 radical (unpaired) electrons. The highest BCUT2D eigenvalue weighted by Crippen LogP contribution is 2.40. The number of ether oxygens (including phenoxy) is 1. The summed E-state index contributed by atoms with van der Waals surface area (Å²) in [5, 5.41) is 0. The van der Waals surface area contributed by atoms with Crippen LogP contribution in [-0.4, -0.2) is 21.5 Å². The lowest BCUT2D eigenvalue weighted by molar-refractivity contribution is -0.140. The Labute approximate surface area is 109 Å². The summed E-state index contributed by atoms with van der Waals surface area (Å²) in [6.07, 6.45) is -7.98. The maximum absolute atomic E-state index is 12.6. The van der Waals surface area contributed by atoms with E-state index in [0.717, 1.165) is 12.1 Å². The Balaban J connectivity index is 3.40. The summed E-state index contributed by atoms with van der Waals surface area (Å²) in [4.78, 5) is -1.37. The van der Waals surface area contributed by atoms with Crippen LogP contribution in [0.25, 0.3) is 0 Å². The SMILES string of the molecule is O=S(=O)(Cl)c1c(OCC(F)F)cccc1C(F)(F)F. The second-order valence-electron chi connectivity index (χ2n) is 3.27. The third-order valence-electron chi connectivity index (χ3n) is 1.89. The maximum atomic E-state index is 12.6. The monoisotopic (exact) mass is 324 g/mol. The lowest BCUT2D eigenvalue weighted by Crippen LogP contribution is -2.14. The van der Waals surface area contributed by atoms with E-state index >= 15 is 0 Å². The van der Waals surface area contributed by atoms with Gasteiger partial charge in [-0.25, -0.2) is 17.2 Å². The minimum Gasteiger partial charge on any atom is -0.486 e. The van der Waals surface area contributed by atoms with Crippen LogP contribution < -0.4 is 4.74 Å². The van der Waals surface area contributed by atoms with Crippen molar-refractivity contribution in [3.8, 4) is 5.75 Å². The predicted octanol–water partition coefficient (Wildman–Crippen LogP) is 3.28. The molecule has 0 saturated heterocycles. The van der Waals surface area contributed by atoms with Crippen molar-refractivity contribution in [2.45, 2.75) is 17.5 Å². The lowest BCUT2D eigenvalue weighted by atomic mass is 10.2. The molecule has 108 valence electrons. The molecule has 0 spiro atoms. The van der Waals surface area contributed by atoms with Crippen LogP contribution in [0, 0.1) is 0 Å². The van der Waals surface area contributed by atoms with E-state index in [1.807, 2.05) is 0 Å². The van der Waals surface area contributed by atoms with E-state index < -0.39 is 44.5 Å². The number of hydrogen-bond acceptors (Lipinski definition) is 3. The first-order valence-corrected chi connectivity index (χ1v) is 6.90. The first-order chi connectivity index (χ1) is 8.53. The summed E-state index contributed by atoms with van der Waals surface area (Å²) < 4.78 is 88.5. The van der Waals surface area contributed by atoms with Gasteiger partial charge in [0.15, 0.2) is 0 Å². The minimum absolute atomic E-state index is 0.463. The fourth-order valence-electron chi connectivity index (χ4n) is 1.26. The first-order valence-electron chi connectivity index (χ1n) is 4.59. The third-order valence-corrected chi connectivity index (χ3v) is 3.26. The molecule has 0 aliphatic carbocycles. The van der Waals surface area contributed by atoms with Gasteiger partial charge in [-0.1, -0.05) is 6.07 Å². The van der Waals surface area contributed by atoms with E-state index in [2.05, 4.69) is 4.74 Å². The van der Waals surface area contributed by atoms with Crippen molar-refractivity contribution in [1.82, 2.24) is 0 Å². The number of rotatable bonds is 4. The molecule has 1 aromatic carbocycles. The van der Waals surface area contributed by atoms with Gasteiger partial charge in [-0.3, -0.25) is 0 Å². The van der Waals surface area contributed by atoms with Crippen molar-refractivity contribution in [2.24, 2.45) is 0 Å². The number of alkyl halides is 5. The quantitative estimate of drug-likeness (QED) is 0.630. The van der Waals surface area contributed by atoms with Gasteiger partial charge in [-0.15, -0.1) is 0 Å². The largest absolute Gasteiger partial charge is 0.486 e. The maximum Gasteiger partial charge on any atom is 0.417 e. The second kappa shape index (κ2) is 5.49. The summed E-state index contributed by atoms with van der Waals surface area (Å²) >= 11 is 0. The highest BCUT2D eigenvalue weighted by atomic mass is 35.7. The van der Waals surface area contributed by atoms with Crippen molar-refractivity contribution in [1.29, 1.82) is 0 Å². The first kappa shape index (κ1) is 16.0. The normalized spacial score (nSPS) is 12.8. The van der Waals surface area contributed by atoms with E-state index in [-0.39, 0.29) is 0 Å². The Bertz CT molecular complexity index is 555. The molecule has 0 aromatic heterocycles. The van der Waals surface area contributed by atoms with Crippen LogP contribution in [0.2, 0.25) is 0 Å². The average Bonchev–Trinajstić information content (AvgIpc) is 2.23. The van der Waals surface area contributed by atoms with E-state index in [4.69, 9.17) is 10.7 Å². The van der Waals surface area contributed by atoms with Crippen LogP contribution in [0.1, 0.15) is 5.56 Å². The Kier molecular flexibility index (Phi) is 4.62. The lowest BCUT2D eigenvalue weighted by Gasteiger charge is -2.15. The molecule has 0 bridgehead atoms. The molecule has 19 heavy (non-hydrogen) atoms. The molecular formula is C9H6ClF5O3S. The summed E-state index contributed by atoms with van der Waals surface area (Å²) in [6.45, 7) is -1.25. The van der Waals surface area contributed by atoms with Gasteiger partial charge in [0.25, 0.3) is 15.5 Å². The van der Waals surface area contributed by atoms with Crippen LogP contribution in [0.4, 0.5) is 22.0 Å². The van der Waals surface area contributed by atoms with E-state index in [9.17, 15) is 30.4 Å². The molecule has 0 aliphatic rings. The van der Waals surface area contributed by atoms with Gasteiger partial charge in [0.2, 0.25) is 0 Å². The predicted molar refractivity (Wildman–Crippen MR) is 56.0 cm³/mol. The van der Waals surface area contributed by atoms with Gasteiger partial charge in [-0.05, 0) is 12.1 Å². The van der Waals surface area contributed by atoms with Gasteiger partial charge >= 0.3 is 6.18 Å². The fourth-order valence-corrected chi connectivity index (χ4v) is 2.55. The minimum atomic E-state index is -5.01. The molecule has 0 unspecified atom stereocenters. The van der Waals surface area contributed by atoms with E-state index in [1.54, 1.807) is 0 Å². The third kappa shape index (κ3) is 4.20. The van der Waals surface area contributed by atoms with Gasteiger partial charge < -0.3 is 4.74 Å². The van der Waals surface area contributed by atoms with Crippen LogP contribution in [0.3, 0.4) is 0 Å². The molecule has 1 rings (SSSR count). The molecule has 0 N–H and O–H groups in total. The topological polar surface area (TPSA) is 43.4 Å². The molecule has 10 heteroatoms. The van der Waals surface area contributed by atoms with Crippen molar-refractivity contribution in [2.75, 3.05) is 6.61 Å². The fraction of sp³-hybridized carbons (Fsp3) is 0.333. The van der Waals surface area contributed by atoms with Crippen molar-refractivity contribution >= 4 is 19.7 Å². The smallest absolute Gasteiger partial charge is 0.417 e. The van der Waals surface area contributed by atoms with Gasteiger partial charge in [0.05, 0.1) is 5.56 Å². The molecule has 0 aliphatic heterocycles. The zero-order chi connectivity index (χ0) is 14.8. The Morgan fingerprint density at radius 3 is 2.26 bits per heavy atom. The van der Waals surface area contributed by atoms with Crippen LogP contribution in [0.5, 0.6) is 5.75 Å². The Morgan fingerprint density at radius 2 is 1.84 bits per heavy atom. The van der Waals surface area contributed by atoms with Crippen molar-refractivity contribution in [3.05, 3.63) is 23.8 Å². The number of benzene rings is 1.